The monoisotopic (exact) mass is 463 g/mol. The molecule has 1 N–H and O–H groups in total. The second-order valence-corrected chi connectivity index (χ2v) is 10.3. The van der Waals surface area contributed by atoms with Gasteiger partial charge in [0.05, 0.1) is 12.7 Å². The highest BCUT2D eigenvalue weighted by atomic mass is 79.9. The minimum Gasteiger partial charge on any atom is -0.494 e. The Morgan fingerprint density at radius 3 is 2.93 bits per heavy atom. The molecule has 0 saturated heterocycles. The summed E-state index contributed by atoms with van der Waals surface area (Å²) in [5.41, 5.74) is 3.13. The van der Waals surface area contributed by atoms with Gasteiger partial charge >= 0.3 is 0 Å². The summed E-state index contributed by atoms with van der Waals surface area (Å²) in [5.74, 6) is 2.92. The van der Waals surface area contributed by atoms with Crippen LogP contribution in [0.25, 0.3) is 0 Å². The third kappa shape index (κ3) is 3.85. The Bertz CT molecular complexity index is 754. The van der Waals surface area contributed by atoms with Crippen molar-refractivity contribution in [3.63, 3.8) is 0 Å². The number of amides is 1. The maximum Gasteiger partial charge on any atom is 0.222 e. The average Bonchev–Trinajstić information content (AvgIpc) is 3.10. The Kier molecular flexibility index (Phi) is 6.27. The highest BCUT2D eigenvalue weighted by molar-refractivity contribution is 9.09. The molecule has 5 heteroatoms. The minimum atomic E-state index is 0.151. The van der Waals surface area contributed by atoms with Gasteiger partial charge in [0.2, 0.25) is 5.91 Å². The molecule has 2 fully saturated rings. The molecule has 29 heavy (non-hydrogen) atoms. The number of fused-ring (bicyclic) bond motifs is 5. The van der Waals surface area contributed by atoms with Gasteiger partial charge in [-0.15, -0.1) is 0 Å². The molecule has 160 valence electrons. The minimum absolute atomic E-state index is 0.151. The molecule has 6 atom stereocenters. The van der Waals surface area contributed by atoms with Crippen LogP contribution in [0.3, 0.4) is 0 Å². The smallest absolute Gasteiger partial charge is 0.222 e. The third-order valence-corrected chi connectivity index (χ3v) is 8.49. The molecule has 0 aliphatic heterocycles. The van der Waals surface area contributed by atoms with Gasteiger partial charge in [0.15, 0.2) is 0 Å². The van der Waals surface area contributed by atoms with Gasteiger partial charge in [-0.1, -0.05) is 28.9 Å². The van der Waals surface area contributed by atoms with Gasteiger partial charge in [0.25, 0.3) is 0 Å². The number of rotatable bonds is 6. The van der Waals surface area contributed by atoms with Crippen LogP contribution < -0.4 is 10.1 Å². The number of hydrogen-bond donors (Lipinski definition) is 1. The first-order valence-electron chi connectivity index (χ1n) is 11.1. The summed E-state index contributed by atoms with van der Waals surface area (Å²) in [6.45, 7) is 3.16. The van der Waals surface area contributed by atoms with E-state index >= 15 is 0 Å². The third-order valence-electron chi connectivity index (χ3n) is 7.93. The number of halogens is 1. The molecule has 4 nitrogen and oxygen atoms in total. The summed E-state index contributed by atoms with van der Waals surface area (Å²) in [6.07, 6.45) is 6.58. The second-order valence-electron chi connectivity index (χ2n) is 9.46. The molecule has 0 aromatic heterocycles. The Balaban J connectivity index is 1.61. The predicted octanol–water partition coefficient (Wildman–Crippen LogP) is 4.69. The molecule has 1 aromatic rings. The lowest BCUT2D eigenvalue weighted by Gasteiger charge is -2.51. The number of carbonyl (C=O) groups excluding carboxylic acids is 1. The summed E-state index contributed by atoms with van der Waals surface area (Å²) in [4.78, 5) is 12.4. The lowest BCUT2D eigenvalue weighted by molar-refractivity contribution is -0.124. The van der Waals surface area contributed by atoms with E-state index in [0.29, 0.717) is 17.8 Å². The van der Waals surface area contributed by atoms with Crippen LogP contribution in [0.1, 0.15) is 56.1 Å². The Labute approximate surface area is 183 Å². The summed E-state index contributed by atoms with van der Waals surface area (Å²) in [6, 6.07) is 6.69. The number of alkyl halides is 1. The summed E-state index contributed by atoms with van der Waals surface area (Å²) in [7, 11) is 3.63. The van der Waals surface area contributed by atoms with Crippen LogP contribution in [0.15, 0.2) is 18.2 Å². The zero-order chi connectivity index (χ0) is 20.6. The van der Waals surface area contributed by atoms with E-state index < -0.39 is 0 Å². The van der Waals surface area contributed by atoms with E-state index in [0.717, 1.165) is 43.4 Å². The van der Waals surface area contributed by atoms with Gasteiger partial charge in [-0.25, -0.2) is 0 Å². The van der Waals surface area contributed by atoms with Crippen LogP contribution in [0.2, 0.25) is 0 Å². The van der Waals surface area contributed by atoms with Crippen molar-refractivity contribution in [1.82, 2.24) is 5.32 Å². The Hall–Kier alpha value is -1.07. The molecule has 4 rings (SSSR count). The number of carbonyl (C=O) groups is 1. The molecule has 1 amide bonds. The highest BCUT2D eigenvalue weighted by Crippen LogP contribution is 2.62. The van der Waals surface area contributed by atoms with Crippen molar-refractivity contribution >= 4 is 21.8 Å². The lowest BCUT2D eigenvalue weighted by atomic mass is 9.55. The van der Waals surface area contributed by atoms with Crippen molar-refractivity contribution in [3.8, 4) is 5.75 Å². The van der Waals surface area contributed by atoms with Crippen molar-refractivity contribution in [1.29, 1.82) is 0 Å². The fraction of sp³-hybridized carbons (Fsp3) is 0.708. The van der Waals surface area contributed by atoms with E-state index in [4.69, 9.17) is 9.47 Å². The number of hydrogen-bond acceptors (Lipinski definition) is 3. The quantitative estimate of drug-likeness (QED) is 0.491. The van der Waals surface area contributed by atoms with E-state index in [1.165, 1.54) is 24.0 Å². The van der Waals surface area contributed by atoms with Gasteiger partial charge in [-0.05, 0) is 85.0 Å². The van der Waals surface area contributed by atoms with Gasteiger partial charge < -0.3 is 14.8 Å². The maximum atomic E-state index is 12.4. The number of nitrogens with one attached hydrogen (secondary N) is 1. The first-order chi connectivity index (χ1) is 14.0. The fourth-order valence-electron chi connectivity index (χ4n) is 6.59. The maximum absolute atomic E-state index is 12.4. The summed E-state index contributed by atoms with van der Waals surface area (Å²) < 4.78 is 12.0. The first kappa shape index (κ1) is 21.2. The van der Waals surface area contributed by atoms with E-state index in [-0.39, 0.29) is 23.3 Å². The number of benzene rings is 1. The zero-order valence-corrected chi connectivity index (χ0v) is 19.5. The van der Waals surface area contributed by atoms with E-state index in [2.05, 4.69) is 46.4 Å². The van der Waals surface area contributed by atoms with Gasteiger partial charge in [-0.2, -0.15) is 0 Å². The molecule has 3 aliphatic carbocycles. The van der Waals surface area contributed by atoms with Crippen LogP contribution in [0, 0.1) is 23.2 Å². The van der Waals surface area contributed by atoms with Crippen LogP contribution >= 0.6 is 15.9 Å². The molecule has 0 heterocycles. The molecule has 2 saturated carbocycles. The standard InChI is InChI=1S/C24H34BrNO3/c1-24-8-7-19-18-6-5-17(29-10-4-9-25)11-15(18)13-21(28-3)22(19)20(24)12-16(14-24)23(27)26-2/h5-6,11,16,19-22H,4,7-10,12-14H2,1-3H3,(H,26,27)/t16-,19-,20+,21+,22-,24-/m1/s1. The van der Waals surface area contributed by atoms with Crippen molar-refractivity contribution in [2.75, 3.05) is 26.1 Å². The SMILES string of the molecule is CNC(=O)[C@@H]1C[C@H]2[C@@H]3[C@@H](OC)Cc4cc(OCCCBr)ccc4[C@H]3CC[C@]2(C)C1. The van der Waals surface area contributed by atoms with E-state index in [9.17, 15) is 4.79 Å². The van der Waals surface area contributed by atoms with Crippen LogP contribution in [-0.4, -0.2) is 38.1 Å². The number of ether oxygens (including phenoxy) is 2. The predicted molar refractivity (Wildman–Crippen MR) is 119 cm³/mol. The van der Waals surface area contributed by atoms with Crippen molar-refractivity contribution in [2.24, 2.45) is 23.2 Å². The first-order valence-corrected chi connectivity index (χ1v) is 12.2. The largest absolute Gasteiger partial charge is 0.494 e. The van der Waals surface area contributed by atoms with E-state index in [1.54, 1.807) is 7.05 Å². The van der Waals surface area contributed by atoms with E-state index in [1.807, 2.05) is 7.11 Å². The second kappa shape index (κ2) is 8.58. The molecule has 0 bridgehead atoms. The Morgan fingerprint density at radius 2 is 2.21 bits per heavy atom. The highest BCUT2D eigenvalue weighted by Gasteiger charge is 2.56. The normalized spacial score (nSPS) is 35.4. The number of methoxy groups -OCH3 is 1. The van der Waals surface area contributed by atoms with Gasteiger partial charge in [0, 0.05) is 25.4 Å². The van der Waals surface area contributed by atoms with Crippen molar-refractivity contribution in [3.05, 3.63) is 29.3 Å². The molecule has 0 radical (unpaired) electrons. The van der Waals surface area contributed by atoms with Gasteiger partial charge in [0.1, 0.15) is 5.75 Å². The molecular formula is C24H34BrNO3. The zero-order valence-electron chi connectivity index (χ0n) is 17.9. The fourth-order valence-corrected chi connectivity index (χ4v) is 6.82. The molecule has 0 spiro atoms. The van der Waals surface area contributed by atoms with Crippen molar-refractivity contribution < 1.29 is 14.3 Å². The topological polar surface area (TPSA) is 47.6 Å². The average molecular weight is 464 g/mol. The van der Waals surface area contributed by atoms with Crippen LogP contribution in [-0.2, 0) is 16.0 Å². The summed E-state index contributed by atoms with van der Waals surface area (Å²) in [5, 5.41) is 3.85. The molecule has 1 aromatic carbocycles. The molecule has 0 unspecified atom stereocenters. The van der Waals surface area contributed by atoms with Crippen molar-refractivity contribution in [2.45, 2.75) is 57.5 Å². The molecular weight excluding hydrogens is 430 g/mol. The van der Waals surface area contributed by atoms with Crippen LogP contribution in [0.5, 0.6) is 5.75 Å². The van der Waals surface area contributed by atoms with Crippen LogP contribution in [0.4, 0.5) is 0 Å². The Morgan fingerprint density at radius 1 is 1.38 bits per heavy atom. The lowest BCUT2D eigenvalue weighted by Crippen LogP contribution is -2.47. The molecule has 3 aliphatic rings. The summed E-state index contributed by atoms with van der Waals surface area (Å²) >= 11 is 3.46. The van der Waals surface area contributed by atoms with Gasteiger partial charge in [-0.3, -0.25) is 4.79 Å².